The molecule has 0 aliphatic heterocycles. The van der Waals surface area contributed by atoms with Crippen LogP contribution in [-0.4, -0.2) is 75.8 Å². The molecular formula is C8H19NO7S. The highest BCUT2D eigenvalue weighted by atomic mass is 32.2. The molecule has 0 radical (unpaired) electrons. The zero-order valence-electron chi connectivity index (χ0n) is 9.47. The number of hydrogen-bond donors (Lipinski definition) is 5. The average Bonchev–Trinajstić information content (AvgIpc) is 2.26. The fourth-order valence-electron chi connectivity index (χ4n) is 1.43. The summed E-state index contributed by atoms with van der Waals surface area (Å²) < 4.78 is 30.0. The van der Waals surface area contributed by atoms with Gasteiger partial charge in [0.1, 0.15) is 0 Å². The van der Waals surface area contributed by atoms with Gasteiger partial charge in [-0.15, -0.1) is 0 Å². The van der Waals surface area contributed by atoms with Crippen LogP contribution < -0.4 is 0 Å². The fraction of sp³-hybridized carbons (Fsp3) is 1.00. The minimum Gasteiger partial charge on any atom is -0.395 e. The largest absolute Gasteiger partial charge is 0.395 e. The summed E-state index contributed by atoms with van der Waals surface area (Å²) in [6.45, 7) is 0.752. The van der Waals surface area contributed by atoms with E-state index in [1.54, 1.807) is 6.92 Å². The fourth-order valence-corrected chi connectivity index (χ4v) is 1.90. The van der Waals surface area contributed by atoms with E-state index in [0.29, 0.717) is 6.42 Å². The number of aliphatic hydroxyl groups is 4. The Bertz CT molecular complexity index is 303. The van der Waals surface area contributed by atoms with Crippen molar-refractivity contribution >= 4 is 10.1 Å². The summed E-state index contributed by atoms with van der Waals surface area (Å²) in [5, 5.41) is 36.6. The zero-order valence-corrected chi connectivity index (χ0v) is 10.3. The monoisotopic (exact) mass is 273 g/mol. The van der Waals surface area contributed by atoms with Gasteiger partial charge in [0.25, 0.3) is 10.1 Å². The summed E-state index contributed by atoms with van der Waals surface area (Å²) in [6.07, 6.45) is -1.56. The van der Waals surface area contributed by atoms with Crippen LogP contribution in [0.3, 0.4) is 0 Å². The molecule has 17 heavy (non-hydrogen) atoms. The van der Waals surface area contributed by atoms with E-state index < -0.39 is 34.4 Å². The lowest BCUT2D eigenvalue weighted by Gasteiger charge is -2.34. The summed E-state index contributed by atoms with van der Waals surface area (Å²) in [6, 6.07) is -0.631. The molecular weight excluding hydrogens is 254 g/mol. The molecule has 9 heteroatoms. The van der Waals surface area contributed by atoms with Crippen molar-refractivity contribution in [1.29, 1.82) is 0 Å². The van der Waals surface area contributed by atoms with Crippen LogP contribution in [0.15, 0.2) is 0 Å². The Kier molecular flexibility index (Phi) is 7.09. The van der Waals surface area contributed by atoms with Crippen LogP contribution in [0.2, 0.25) is 0 Å². The lowest BCUT2D eigenvalue weighted by molar-refractivity contribution is -0.0887. The molecule has 0 spiro atoms. The van der Waals surface area contributed by atoms with Gasteiger partial charge in [-0.25, -0.2) is 0 Å². The Balaban J connectivity index is 4.93. The third-order valence-electron chi connectivity index (χ3n) is 2.41. The number of nitrogens with zero attached hydrogens (tertiary/aromatic N) is 1. The van der Waals surface area contributed by atoms with Gasteiger partial charge >= 0.3 is 0 Å². The van der Waals surface area contributed by atoms with Crippen molar-refractivity contribution in [2.45, 2.75) is 31.1 Å². The van der Waals surface area contributed by atoms with Crippen molar-refractivity contribution in [3.8, 4) is 0 Å². The van der Waals surface area contributed by atoms with Crippen LogP contribution >= 0.6 is 0 Å². The van der Waals surface area contributed by atoms with Crippen molar-refractivity contribution < 1.29 is 33.4 Å². The molecule has 5 N–H and O–H groups in total. The Labute approximate surface area is 99.9 Å². The lowest BCUT2D eigenvalue weighted by atomic mass is 10.2. The standard InChI is InChI=1S/C8H19NO7S/c1-2-6(5-11)9(3-4-10)7(12)8(13)17(14,15)16/h6-8,10-13H,2-5H2,1H3,(H,14,15,16). The van der Waals surface area contributed by atoms with E-state index in [1.165, 1.54) is 0 Å². The van der Waals surface area contributed by atoms with Crippen LogP contribution in [0.5, 0.6) is 0 Å². The van der Waals surface area contributed by atoms with E-state index in [4.69, 9.17) is 14.8 Å². The molecule has 0 fully saturated rings. The van der Waals surface area contributed by atoms with Crippen molar-refractivity contribution in [2.24, 2.45) is 0 Å². The van der Waals surface area contributed by atoms with Gasteiger partial charge < -0.3 is 20.4 Å². The quantitative estimate of drug-likeness (QED) is 0.243. The highest BCUT2D eigenvalue weighted by molar-refractivity contribution is 7.86. The van der Waals surface area contributed by atoms with E-state index in [9.17, 15) is 18.6 Å². The molecule has 0 aliphatic rings. The predicted molar refractivity (Wildman–Crippen MR) is 58.5 cm³/mol. The first kappa shape index (κ1) is 16.7. The first-order valence-corrected chi connectivity index (χ1v) is 6.59. The van der Waals surface area contributed by atoms with E-state index in [2.05, 4.69) is 0 Å². The molecule has 8 nitrogen and oxygen atoms in total. The molecule has 0 aromatic carbocycles. The van der Waals surface area contributed by atoms with Crippen molar-refractivity contribution in [3.05, 3.63) is 0 Å². The van der Waals surface area contributed by atoms with Crippen molar-refractivity contribution in [3.63, 3.8) is 0 Å². The predicted octanol–water partition coefficient (Wildman–Crippen LogP) is -2.42. The normalized spacial score (nSPS) is 18.1. The van der Waals surface area contributed by atoms with Gasteiger partial charge in [0, 0.05) is 12.6 Å². The van der Waals surface area contributed by atoms with Gasteiger partial charge in [-0.1, -0.05) is 6.92 Å². The molecule has 3 atom stereocenters. The molecule has 0 aliphatic carbocycles. The first-order chi connectivity index (χ1) is 7.79. The number of aliphatic hydroxyl groups excluding tert-OH is 4. The topological polar surface area (TPSA) is 139 Å². The molecule has 104 valence electrons. The van der Waals surface area contributed by atoms with E-state index in [1.807, 2.05) is 0 Å². The second-order valence-corrected chi connectivity index (χ2v) is 5.04. The van der Waals surface area contributed by atoms with Gasteiger partial charge in [0.2, 0.25) is 5.44 Å². The summed E-state index contributed by atoms with van der Waals surface area (Å²) in [4.78, 5) is 1.01. The minimum atomic E-state index is -4.81. The molecule has 0 amide bonds. The highest BCUT2D eigenvalue weighted by Gasteiger charge is 2.35. The summed E-state index contributed by atoms with van der Waals surface area (Å²) in [7, 11) is -4.81. The Morgan fingerprint density at radius 1 is 1.24 bits per heavy atom. The number of hydrogen-bond acceptors (Lipinski definition) is 7. The van der Waals surface area contributed by atoms with Gasteiger partial charge in [-0.05, 0) is 6.42 Å². The Morgan fingerprint density at radius 2 is 1.76 bits per heavy atom. The highest BCUT2D eigenvalue weighted by Crippen LogP contribution is 2.13. The van der Waals surface area contributed by atoms with Gasteiger partial charge in [0.05, 0.1) is 13.2 Å². The van der Waals surface area contributed by atoms with Crippen molar-refractivity contribution in [2.75, 3.05) is 19.8 Å². The maximum Gasteiger partial charge on any atom is 0.296 e. The van der Waals surface area contributed by atoms with Crippen molar-refractivity contribution in [1.82, 2.24) is 4.90 Å². The third kappa shape index (κ3) is 4.84. The molecule has 0 aromatic heterocycles. The molecule has 0 aromatic rings. The van der Waals surface area contributed by atoms with E-state index in [0.717, 1.165) is 4.90 Å². The maximum atomic E-state index is 10.7. The Morgan fingerprint density at radius 3 is 2.06 bits per heavy atom. The molecule has 0 saturated heterocycles. The molecule has 0 rings (SSSR count). The van der Waals surface area contributed by atoms with Crippen LogP contribution in [0.1, 0.15) is 13.3 Å². The molecule has 3 unspecified atom stereocenters. The molecule has 0 saturated carbocycles. The Hall–Kier alpha value is -0.290. The maximum absolute atomic E-state index is 10.7. The third-order valence-corrected chi connectivity index (χ3v) is 3.26. The summed E-state index contributed by atoms with van der Waals surface area (Å²) in [5.41, 5.74) is -2.41. The first-order valence-electron chi connectivity index (χ1n) is 5.09. The molecule has 0 bridgehead atoms. The lowest BCUT2D eigenvalue weighted by Crippen LogP contribution is -2.53. The van der Waals surface area contributed by atoms with Crippen LogP contribution in [0.4, 0.5) is 0 Å². The second-order valence-electron chi connectivity index (χ2n) is 3.53. The SMILES string of the molecule is CCC(CO)N(CCO)C(O)C(O)S(=O)(=O)O. The van der Waals surface area contributed by atoms with Crippen LogP contribution in [-0.2, 0) is 10.1 Å². The van der Waals surface area contributed by atoms with Gasteiger partial charge in [0.15, 0.2) is 6.23 Å². The summed E-state index contributed by atoms with van der Waals surface area (Å²) in [5.74, 6) is 0. The number of rotatable bonds is 8. The van der Waals surface area contributed by atoms with Crippen LogP contribution in [0, 0.1) is 0 Å². The van der Waals surface area contributed by atoms with E-state index >= 15 is 0 Å². The smallest absolute Gasteiger partial charge is 0.296 e. The minimum absolute atomic E-state index is 0.146. The average molecular weight is 273 g/mol. The van der Waals surface area contributed by atoms with Gasteiger partial charge in [-0.2, -0.15) is 8.42 Å². The molecule has 0 heterocycles. The van der Waals surface area contributed by atoms with E-state index in [-0.39, 0.29) is 13.2 Å². The second kappa shape index (κ2) is 7.21. The summed E-state index contributed by atoms with van der Waals surface area (Å²) >= 11 is 0. The zero-order chi connectivity index (χ0) is 13.6. The van der Waals surface area contributed by atoms with Crippen LogP contribution in [0.25, 0.3) is 0 Å². The van der Waals surface area contributed by atoms with Gasteiger partial charge in [-0.3, -0.25) is 9.45 Å².